The van der Waals surface area contributed by atoms with Crippen LogP contribution in [0.3, 0.4) is 0 Å². The lowest BCUT2D eigenvalue weighted by Crippen LogP contribution is -2.35. The monoisotopic (exact) mass is 497 g/mol. The molecule has 2 unspecified atom stereocenters. The molecule has 1 saturated heterocycles. The Morgan fingerprint density at radius 1 is 1.11 bits per heavy atom. The third-order valence-electron chi connectivity index (χ3n) is 6.85. The van der Waals surface area contributed by atoms with Crippen molar-refractivity contribution in [3.8, 4) is 5.75 Å². The summed E-state index contributed by atoms with van der Waals surface area (Å²) in [5, 5.41) is 5.79. The van der Waals surface area contributed by atoms with E-state index < -0.39 is 10.0 Å². The largest absolute Gasteiger partial charge is 0.496 e. The zero-order valence-electron chi connectivity index (χ0n) is 19.8. The second-order valence-corrected chi connectivity index (χ2v) is 11.0. The average Bonchev–Trinajstić information content (AvgIpc) is 3.43. The number of benzene rings is 2. The van der Waals surface area contributed by atoms with Crippen LogP contribution in [0.2, 0.25) is 0 Å². The Morgan fingerprint density at radius 2 is 1.80 bits per heavy atom. The third-order valence-corrected chi connectivity index (χ3v) is 8.67. The van der Waals surface area contributed by atoms with Gasteiger partial charge in [-0.2, -0.15) is 4.31 Å². The molecule has 0 bridgehead atoms. The molecular formula is C26H31N3O5S. The first kappa shape index (κ1) is 24.9. The second kappa shape index (κ2) is 10.6. The van der Waals surface area contributed by atoms with Crippen molar-refractivity contribution in [1.82, 2.24) is 14.9 Å². The van der Waals surface area contributed by atoms with Gasteiger partial charge in [-0.05, 0) is 54.9 Å². The lowest BCUT2D eigenvalue weighted by Gasteiger charge is -2.20. The summed E-state index contributed by atoms with van der Waals surface area (Å²) in [6, 6.07) is 14.3. The van der Waals surface area contributed by atoms with Crippen LogP contribution in [0.15, 0.2) is 66.1 Å². The maximum atomic E-state index is 13.3. The van der Waals surface area contributed by atoms with Gasteiger partial charge in [-0.25, -0.2) is 8.42 Å². The highest BCUT2D eigenvalue weighted by molar-refractivity contribution is 7.89. The number of nitrogens with one attached hydrogen (secondary N) is 2. The predicted molar refractivity (Wildman–Crippen MR) is 133 cm³/mol. The Labute approximate surface area is 206 Å². The zero-order chi connectivity index (χ0) is 25.0. The number of sulfonamides is 1. The maximum Gasteiger partial charge on any atom is 0.255 e. The van der Waals surface area contributed by atoms with Gasteiger partial charge in [0.25, 0.3) is 5.91 Å². The van der Waals surface area contributed by atoms with Gasteiger partial charge < -0.3 is 15.4 Å². The fourth-order valence-corrected chi connectivity index (χ4v) is 6.63. The fraction of sp³-hybridized carbons (Fsp3) is 0.385. The number of hydrogen-bond acceptors (Lipinski definition) is 5. The van der Waals surface area contributed by atoms with Crippen LogP contribution >= 0.6 is 0 Å². The van der Waals surface area contributed by atoms with Gasteiger partial charge in [0.2, 0.25) is 15.9 Å². The summed E-state index contributed by atoms with van der Waals surface area (Å²) in [6.45, 7) is 4.76. The van der Waals surface area contributed by atoms with E-state index in [1.54, 1.807) is 0 Å². The number of amides is 2. The number of nitrogens with zero attached hydrogens (tertiary/aromatic N) is 1. The molecule has 1 aliphatic heterocycles. The minimum atomic E-state index is -3.74. The summed E-state index contributed by atoms with van der Waals surface area (Å²) in [7, 11) is -2.31. The molecule has 9 heteroatoms. The molecule has 0 aromatic heterocycles. The van der Waals surface area contributed by atoms with Crippen molar-refractivity contribution in [3.05, 3.63) is 72.3 Å². The Kier molecular flexibility index (Phi) is 7.57. The fourth-order valence-electron chi connectivity index (χ4n) is 5.06. The number of methoxy groups -OCH3 is 1. The van der Waals surface area contributed by atoms with Crippen LogP contribution in [0.4, 0.5) is 0 Å². The highest BCUT2D eigenvalue weighted by Gasteiger charge is 2.45. The van der Waals surface area contributed by atoms with Crippen molar-refractivity contribution in [2.75, 3.05) is 26.7 Å². The molecule has 0 spiro atoms. The predicted octanol–water partition coefficient (Wildman–Crippen LogP) is 2.37. The summed E-state index contributed by atoms with van der Waals surface area (Å²) in [6.07, 6.45) is 3.45. The summed E-state index contributed by atoms with van der Waals surface area (Å²) in [5.74, 6) is 0.114. The van der Waals surface area contributed by atoms with E-state index in [2.05, 4.69) is 17.2 Å². The molecule has 2 aromatic rings. The summed E-state index contributed by atoms with van der Waals surface area (Å²) in [5.41, 5.74) is 1.41. The van der Waals surface area contributed by atoms with E-state index in [4.69, 9.17) is 4.74 Å². The third kappa shape index (κ3) is 5.57. The van der Waals surface area contributed by atoms with Crippen molar-refractivity contribution < 1.29 is 22.7 Å². The van der Waals surface area contributed by atoms with Gasteiger partial charge in [-0.15, -0.1) is 0 Å². The molecule has 2 aromatic carbocycles. The number of carbonyl (C=O) groups excluding carboxylic acids is 2. The van der Waals surface area contributed by atoms with Gasteiger partial charge in [0, 0.05) is 31.7 Å². The molecule has 1 heterocycles. The highest BCUT2D eigenvalue weighted by Crippen LogP contribution is 2.40. The maximum absolute atomic E-state index is 13.3. The summed E-state index contributed by atoms with van der Waals surface area (Å²) in [4.78, 5) is 24.4. The van der Waals surface area contributed by atoms with Crippen LogP contribution in [0.1, 0.15) is 28.8 Å². The average molecular weight is 498 g/mol. The molecule has 0 radical (unpaired) electrons. The molecule has 2 aliphatic rings. The first-order chi connectivity index (χ1) is 16.8. The number of carbonyl (C=O) groups is 2. The number of ether oxygens (including phenoxy) is 1. The van der Waals surface area contributed by atoms with Crippen molar-refractivity contribution in [1.29, 1.82) is 0 Å². The van der Waals surface area contributed by atoms with Crippen molar-refractivity contribution in [2.45, 2.75) is 30.2 Å². The molecule has 2 N–H and O–H groups in total. The molecule has 4 rings (SSSR count). The van der Waals surface area contributed by atoms with Gasteiger partial charge in [0.1, 0.15) is 5.75 Å². The summed E-state index contributed by atoms with van der Waals surface area (Å²) >= 11 is 0. The van der Waals surface area contributed by atoms with E-state index in [0.717, 1.165) is 18.4 Å². The van der Waals surface area contributed by atoms with Gasteiger partial charge in [0.05, 0.1) is 17.6 Å². The quantitative estimate of drug-likeness (QED) is 0.518. The van der Waals surface area contributed by atoms with E-state index in [-0.39, 0.29) is 40.3 Å². The number of rotatable bonds is 9. The van der Waals surface area contributed by atoms with E-state index in [1.807, 2.05) is 30.3 Å². The van der Waals surface area contributed by atoms with Gasteiger partial charge in [-0.3, -0.25) is 9.59 Å². The highest BCUT2D eigenvalue weighted by atomic mass is 32.2. The molecule has 2 amide bonds. The first-order valence-electron chi connectivity index (χ1n) is 11.7. The lowest BCUT2D eigenvalue weighted by molar-refractivity contribution is -0.117. The molecule has 1 aliphatic carbocycles. The smallest absolute Gasteiger partial charge is 0.255 e. The molecule has 2 fully saturated rings. The normalized spacial score (nSPS) is 21.8. The van der Waals surface area contributed by atoms with E-state index in [9.17, 15) is 18.0 Å². The minimum Gasteiger partial charge on any atom is -0.496 e. The standard InChI is InChI=1S/C26H31N3O5S/c1-3-25(30)28-21-13-19-16-29(17-20(19)14-21)35(32,33)22-9-10-23(24(15-22)34-2)26(31)27-12-11-18-7-5-4-6-8-18/h3-10,15,19-21H,1,11-14,16-17H2,2H3,(H,27,31)(H,28,30). The lowest BCUT2D eigenvalue weighted by atomic mass is 10.0. The second-order valence-electron chi connectivity index (χ2n) is 9.08. The van der Waals surface area contributed by atoms with Crippen molar-refractivity contribution >= 4 is 21.8 Å². The molecule has 1 saturated carbocycles. The Hall–Kier alpha value is -3.17. The topological polar surface area (TPSA) is 105 Å². The molecule has 35 heavy (non-hydrogen) atoms. The van der Waals surface area contributed by atoms with Gasteiger partial charge >= 0.3 is 0 Å². The summed E-state index contributed by atoms with van der Waals surface area (Å²) < 4.78 is 33.5. The first-order valence-corrected chi connectivity index (χ1v) is 13.2. The zero-order valence-corrected chi connectivity index (χ0v) is 20.6. The van der Waals surface area contributed by atoms with Crippen molar-refractivity contribution in [2.24, 2.45) is 11.8 Å². The van der Waals surface area contributed by atoms with Crippen LogP contribution in [-0.4, -0.2) is 57.3 Å². The minimum absolute atomic E-state index is 0.0557. The molecular weight excluding hydrogens is 466 g/mol. The molecule has 186 valence electrons. The van der Waals surface area contributed by atoms with E-state index in [1.165, 1.54) is 35.7 Å². The van der Waals surface area contributed by atoms with Crippen LogP contribution < -0.4 is 15.4 Å². The SMILES string of the molecule is C=CC(=O)NC1CC2CN(S(=O)(=O)c3ccc(C(=O)NCCc4ccccc4)c(OC)c3)CC2C1. The Balaban J connectivity index is 1.39. The Morgan fingerprint density at radius 3 is 2.43 bits per heavy atom. The van der Waals surface area contributed by atoms with Gasteiger partial charge in [-0.1, -0.05) is 36.9 Å². The number of fused-ring (bicyclic) bond motifs is 1. The van der Waals surface area contributed by atoms with Gasteiger partial charge in [0.15, 0.2) is 0 Å². The molecule has 2 atom stereocenters. The van der Waals surface area contributed by atoms with Crippen LogP contribution in [0.25, 0.3) is 0 Å². The van der Waals surface area contributed by atoms with Crippen LogP contribution in [0.5, 0.6) is 5.75 Å². The van der Waals surface area contributed by atoms with Crippen LogP contribution in [-0.2, 0) is 21.2 Å². The van der Waals surface area contributed by atoms with E-state index in [0.29, 0.717) is 31.6 Å². The van der Waals surface area contributed by atoms with Crippen molar-refractivity contribution in [3.63, 3.8) is 0 Å². The molecule has 8 nitrogen and oxygen atoms in total. The number of hydrogen-bond donors (Lipinski definition) is 2. The Bertz CT molecular complexity index is 1180. The van der Waals surface area contributed by atoms with Crippen LogP contribution in [0, 0.1) is 11.8 Å². The van der Waals surface area contributed by atoms with E-state index >= 15 is 0 Å².